The maximum absolute atomic E-state index is 12.1. The van der Waals surface area contributed by atoms with Crippen LogP contribution in [0.1, 0.15) is 21.5 Å². The number of anilines is 1. The molecule has 0 fully saturated rings. The fourth-order valence-electron chi connectivity index (χ4n) is 3.20. The van der Waals surface area contributed by atoms with E-state index >= 15 is 0 Å². The fraction of sp³-hybridized carbons (Fsp3) is 0.0435. The first-order chi connectivity index (χ1) is 14.9. The zero-order valence-corrected chi connectivity index (χ0v) is 17.7. The molecule has 0 atom stereocenters. The van der Waals surface area contributed by atoms with E-state index in [2.05, 4.69) is 15.1 Å². The standard InChI is InChI=1S/C23H18Cl2N4O2/c24-18-4-1-15(10-19(18)25)13-29-8-7-16-9-14(2-5-21(16)29)12-27-28-23(31)17-3-6-22(30)20(26)11-17/h1-12,30H,13,26H2,(H,28,31)/b27-12+. The summed E-state index contributed by atoms with van der Waals surface area (Å²) in [5.41, 5.74) is 11.5. The number of nitrogens with zero attached hydrogens (tertiary/aromatic N) is 2. The molecule has 156 valence electrons. The van der Waals surface area contributed by atoms with Gasteiger partial charge in [0.25, 0.3) is 5.91 Å². The van der Waals surface area contributed by atoms with Gasteiger partial charge in [-0.05, 0) is 59.7 Å². The summed E-state index contributed by atoms with van der Waals surface area (Å²) in [4.78, 5) is 12.1. The van der Waals surface area contributed by atoms with E-state index in [1.807, 2.05) is 42.6 Å². The SMILES string of the molecule is Nc1cc(C(=O)N/N=C/c2ccc3c(ccn3Cc3ccc(Cl)c(Cl)c3)c2)ccc1O. The third kappa shape index (κ3) is 4.66. The van der Waals surface area contributed by atoms with Crippen molar-refractivity contribution in [3.8, 4) is 5.75 Å². The molecule has 0 saturated carbocycles. The number of halogens is 2. The fourth-order valence-corrected chi connectivity index (χ4v) is 3.52. The number of benzene rings is 3. The number of nitrogens with one attached hydrogen (secondary N) is 1. The Morgan fingerprint density at radius 1 is 1.06 bits per heavy atom. The average Bonchev–Trinajstić information content (AvgIpc) is 3.14. The van der Waals surface area contributed by atoms with Crippen LogP contribution in [-0.4, -0.2) is 21.8 Å². The topological polar surface area (TPSA) is 92.6 Å². The van der Waals surface area contributed by atoms with E-state index in [-0.39, 0.29) is 11.4 Å². The summed E-state index contributed by atoms with van der Waals surface area (Å²) in [7, 11) is 0. The Morgan fingerprint density at radius 3 is 2.68 bits per heavy atom. The summed E-state index contributed by atoms with van der Waals surface area (Å²) in [6.07, 6.45) is 3.57. The molecule has 4 aromatic rings. The third-order valence-electron chi connectivity index (χ3n) is 4.80. The number of fused-ring (bicyclic) bond motifs is 1. The van der Waals surface area contributed by atoms with Gasteiger partial charge in [0.05, 0.1) is 21.9 Å². The highest BCUT2D eigenvalue weighted by atomic mass is 35.5. The summed E-state index contributed by atoms with van der Waals surface area (Å²) in [5, 5.41) is 15.6. The number of aromatic hydroxyl groups is 1. The number of hydrogen-bond acceptors (Lipinski definition) is 4. The van der Waals surface area contributed by atoms with Crippen LogP contribution < -0.4 is 11.2 Å². The molecule has 1 heterocycles. The van der Waals surface area contributed by atoms with Crippen LogP contribution in [0.3, 0.4) is 0 Å². The molecule has 1 amide bonds. The van der Waals surface area contributed by atoms with Crippen LogP contribution in [0, 0.1) is 0 Å². The molecule has 6 nitrogen and oxygen atoms in total. The predicted octanol–water partition coefficient (Wildman–Crippen LogP) is 5.05. The first kappa shape index (κ1) is 20.8. The van der Waals surface area contributed by atoms with Gasteiger partial charge >= 0.3 is 0 Å². The molecule has 31 heavy (non-hydrogen) atoms. The first-order valence-corrected chi connectivity index (χ1v) is 10.1. The van der Waals surface area contributed by atoms with Crippen molar-refractivity contribution < 1.29 is 9.90 Å². The highest BCUT2D eigenvalue weighted by Crippen LogP contribution is 2.24. The number of hydrazone groups is 1. The van der Waals surface area contributed by atoms with Crippen molar-refractivity contribution in [1.82, 2.24) is 9.99 Å². The van der Waals surface area contributed by atoms with E-state index in [0.29, 0.717) is 22.2 Å². The number of amides is 1. The summed E-state index contributed by atoms with van der Waals surface area (Å²) in [5.74, 6) is -0.490. The van der Waals surface area contributed by atoms with Gasteiger partial charge in [-0.15, -0.1) is 0 Å². The monoisotopic (exact) mass is 452 g/mol. The summed E-state index contributed by atoms with van der Waals surface area (Å²) < 4.78 is 2.12. The minimum atomic E-state index is -0.420. The minimum absolute atomic E-state index is 0.0700. The van der Waals surface area contributed by atoms with Crippen LogP contribution in [-0.2, 0) is 6.54 Å². The second kappa shape index (κ2) is 8.71. The Hall–Kier alpha value is -3.48. The largest absolute Gasteiger partial charge is 0.506 e. The Balaban J connectivity index is 1.46. The molecule has 1 aromatic heterocycles. The van der Waals surface area contributed by atoms with E-state index in [0.717, 1.165) is 22.0 Å². The molecule has 0 spiro atoms. The number of nitrogen functional groups attached to an aromatic ring is 1. The number of nitrogens with two attached hydrogens (primary N) is 1. The number of phenols is 1. The van der Waals surface area contributed by atoms with Gasteiger partial charge in [-0.1, -0.05) is 35.3 Å². The molecular weight excluding hydrogens is 435 g/mol. The van der Waals surface area contributed by atoms with Gasteiger partial charge in [-0.25, -0.2) is 5.43 Å². The van der Waals surface area contributed by atoms with Crippen LogP contribution in [0.2, 0.25) is 10.0 Å². The Morgan fingerprint density at radius 2 is 1.90 bits per heavy atom. The maximum atomic E-state index is 12.1. The molecule has 0 bridgehead atoms. The van der Waals surface area contributed by atoms with Gasteiger partial charge < -0.3 is 15.4 Å². The lowest BCUT2D eigenvalue weighted by atomic mass is 10.1. The van der Waals surface area contributed by atoms with E-state index in [1.54, 1.807) is 12.3 Å². The Bertz CT molecular complexity index is 1310. The van der Waals surface area contributed by atoms with Gasteiger partial charge in [-0.2, -0.15) is 5.10 Å². The molecule has 0 aliphatic heterocycles. The molecular formula is C23H18Cl2N4O2. The van der Waals surface area contributed by atoms with Gasteiger partial charge in [0, 0.05) is 29.2 Å². The summed E-state index contributed by atoms with van der Waals surface area (Å²) >= 11 is 12.1. The normalized spacial score (nSPS) is 11.3. The number of carbonyl (C=O) groups is 1. The second-order valence-corrected chi connectivity index (χ2v) is 7.80. The molecule has 4 rings (SSSR count). The number of phenolic OH excluding ortho intramolecular Hbond substituents is 1. The molecule has 0 aliphatic rings. The molecule has 0 saturated heterocycles. The number of rotatable bonds is 5. The third-order valence-corrected chi connectivity index (χ3v) is 5.54. The molecule has 8 heteroatoms. The first-order valence-electron chi connectivity index (χ1n) is 9.35. The zero-order chi connectivity index (χ0) is 22.0. The van der Waals surface area contributed by atoms with Crippen molar-refractivity contribution in [3.63, 3.8) is 0 Å². The van der Waals surface area contributed by atoms with E-state index in [4.69, 9.17) is 28.9 Å². The predicted molar refractivity (Wildman–Crippen MR) is 125 cm³/mol. The number of hydrogen-bond donors (Lipinski definition) is 3. The summed E-state index contributed by atoms with van der Waals surface area (Å²) in [6.45, 7) is 0.666. The van der Waals surface area contributed by atoms with Crippen molar-refractivity contribution in [2.24, 2.45) is 5.10 Å². The lowest BCUT2D eigenvalue weighted by Gasteiger charge is -2.07. The van der Waals surface area contributed by atoms with Crippen LogP contribution in [0.4, 0.5) is 5.69 Å². The van der Waals surface area contributed by atoms with Crippen LogP contribution in [0.25, 0.3) is 10.9 Å². The van der Waals surface area contributed by atoms with Gasteiger partial charge in [-0.3, -0.25) is 4.79 Å². The lowest BCUT2D eigenvalue weighted by Crippen LogP contribution is -2.17. The Kier molecular flexibility index (Phi) is 5.84. The van der Waals surface area contributed by atoms with Crippen molar-refractivity contribution in [2.45, 2.75) is 6.54 Å². The molecule has 4 N–H and O–H groups in total. The van der Waals surface area contributed by atoms with Gasteiger partial charge in [0.2, 0.25) is 0 Å². The quantitative estimate of drug-likeness (QED) is 0.171. The average molecular weight is 453 g/mol. The van der Waals surface area contributed by atoms with Crippen molar-refractivity contribution >= 4 is 51.9 Å². The van der Waals surface area contributed by atoms with Gasteiger partial charge in [0.15, 0.2) is 0 Å². The number of aromatic nitrogens is 1. The maximum Gasteiger partial charge on any atom is 0.271 e. The smallest absolute Gasteiger partial charge is 0.271 e. The molecule has 3 aromatic carbocycles. The minimum Gasteiger partial charge on any atom is -0.506 e. The second-order valence-electron chi connectivity index (χ2n) is 6.98. The molecule has 0 aliphatic carbocycles. The van der Waals surface area contributed by atoms with E-state index in [9.17, 15) is 9.90 Å². The van der Waals surface area contributed by atoms with E-state index in [1.165, 1.54) is 18.2 Å². The number of carbonyl (C=O) groups excluding carboxylic acids is 1. The van der Waals surface area contributed by atoms with Crippen LogP contribution >= 0.6 is 23.2 Å². The highest BCUT2D eigenvalue weighted by molar-refractivity contribution is 6.42. The van der Waals surface area contributed by atoms with E-state index < -0.39 is 5.91 Å². The van der Waals surface area contributed by atoms with Crippen molar-refractivity contribution in [1.29, 1.82) is 0 Å². The van der Waals surface area contributed by atoms with Crippen LogP contribution in [0.5, 0.6) is 5.75 Å². The van der Waals surface area contributed by atoms with Crippen LogP contribution in [0.15, 0.2) is 72.0 Å². The lowest BCUT2D eigenvalue weighted by molar-refractivity contribution is 0.0955. The van der Waals surface area contributed by atoms with Crippen molar-refractivity contribution in [2.75, 3.05) is 5.73 Å². The van der Waals surface area contributed by atoms with Crippen molar-refractivity contribution in [3.05, 3.63) is 93.6 Å². The zero-order valence-electron chi connectivity index (χ0n) is 16.2. The molecule has 0 radical (unpaired) electrons. The summed E-state index contributed by atoms with van der Waals surface area (Å²) in [6, 6.07) is 17.7. The Labute approximate surface area is 188 Å². The van der Waals surface area contributed by atoms with Gasteiger partial charge in [0.1, 0.15) is 5.75 Å². The molecule has 0 unspecified atom stereocenters. The highest BCUT2D eigenvalue weighted by Gasteiger charge is 2.07.